The Morgan fingerprint density at radius 2 is 1.12 bits per heavy atom. The van der Waals surface area contributed by atoms with Crippen LogP contribution in [-0.2, 0) is 20.1 Å². The minimum absolute atomic E-state index is 0. The fourth-order valence-electron chi connectivity index (χ4n) is 5.02. The number of furan rings is 1. The second kappa shape index (κ2) is 16.2. The van der Waals surface area contributed by atoms with Crippen molar-refractivity contribution in [2.45, 2.75) is 19.6 Å². The molecule has 4 aromatic heterocycles. The first kappa shape index (κ1) is 34.3. The zero-order chi connectivity index (χ0) is 32.5. The van der Waals surface area contributed by atoms with Gasteiger partial charge in [-0.1, -0.05) is 85.2 Å². The second-order valence-corrected chi connectivity index (χ2v) is 16.9. The van der Waals surface area contributed by atoms with Gasteiger partial charge in [-0.25, -0.2) is 0 Å². The van der Waals surface area contributed by atoms with Crippen LogP contribution in [0.4, 0.5) is 0 Å². The normalized spacial score (nSPS) is 10.6. The number of hydrogen-bond acceptors (Lipinski definition) is 4. The van der Waals surface area contributed by atoms with Crippen molar-refractivity contribution in [3.8, 4) is 33.8 Å². The van der Waals surface area contributed by atoms with Crippen molar-refractivity contribution in [1.29, 1.82) is 0 Å². The van der Waals surface area contributed by atoms with E-state index in [1.54, 1.807) is 12.4 Å². The summed E-state index contributed by atoms with van der Waals surface area (Å²) in [4.78, 5) is 13.1. The van der Waals surface area contributed by atoms with Crippen LogP contribution in [0, 0.1) is 18.2 Å². The minimum Gasteiger partial charge on any atom is -0.501 e. The van der Waals surface area contributed by atoms with E-state index in [1.165, 1.54) is 5.19 Å². The second-order valence-electron chi connectivity index (χ2n) is 11.9. The molecule has 0 atom stereocenters. The standard InChI is InChI=1S/C20H18NOSi.2C11H8N.Ir/c1-23(2,3)14-11-12-18(21-13-14)17-9-6-8-16-15-7-4-5-10-19(15)22-20(16)17;2*1-2-6-10(7-3-1)11-8-4-5-9-12-11;/h4-8,10-13H,1-3H3;2*1-6,8-9H;/q3*-1;+3. The third-order valence-electron chi connectivity index (χ3n) is 7.52. The zero-order valence-corrected chi connectivity index (χ0v) is 30.4. The number of pyridine rings is 3. The molecule has 0 saturated heterocycles. The average Bonchev–Trinajstić information content (AvgIpc) is 3.53. The first-order chi connectivity index (χ1) is 23.0. The molecule has 0 aliphatic carbocycles. The Morgan fingerprint density at radius 1 is 0.521 bits per heavy atom. The van der Waals surface area contributed by atoms with Gasteiger partial charge in [-0.15, -0.1) is 90.0 Å². The van der Waals surface area contributed by atoms with Crippen molar-refractivity contribution >= 4 is 35.2 Å². The number of rotatable bonds is 4. The summed E-state index contributed by atoms with van der Waals surface area (Å²) in [6.07, 6.45) is 5.59. The fraction of sp³-hybridized carbons (Fsp3) is 0.0714. The van der Waals surface area contributed by atoms with E-state index >= 15 is 0 Å². The fourth-order valence-corrected chi connectivity index (χ4v) is 6.05. The molecule has 0 N–H and O–H groups in total. The summed E-state index contributed by atoms with van der Waals surface area (Å²) in [5, 5.41) is 3.61. The number of nitrogens with zero attached hydrogens (tertiary/aromatic N) is 3. The van der Waals surface area contributed by atoms with Crippen LogP contribution in [0.1, 0.15) is 0 Å². The van der Waals surface area contributed by atoms with E-state index in [9.17, 15) is 0 Å². The van der Waals surface area contributed by atoms with Gasteiger partial charge in [0.15, 0.2) is 0 Å². The van der Waals surface area contributed by atoms with Crippen LogP contribution >= 0.6 is 0 Å². The van der Waals surface area contributed by atoms with Crippen LogP contribution in [0.15, 0.2) is 156 Å². The minimum atomic E-state index is -1.33. The van der Waals surface area contributed by atoms with Gasteiger partial charge in [0.2, 0.25) is 0 Å². The molecule has 0 radical (unpaired) electrons. The van der Waals surface area contributed by atoms with E-state index in [0.29, 0.717) is 0 Å². The summed E-state index contributed by atoms with van der Waals surface area (Å²) in [5.74, 6) is 0. The Bertz CT molecular complexity index is 2000. The zero-order valence-electron chi connectivity index (χ0n) is 27.0. The molecule has 0 fully saturated rings. The van der Waals surface area contributed by atoms with Crippen molar-refractivity contribution in [1.82, 2.24) is 15.0 Å². The number of benzene rings is 4. The molecule has 4 heterocycles. The predicted octanol–water partition coefficient (Wildman–Crippen LogP) is 10.1. The van der Waals surface area contributed by atoms with E-state index in [-0.39, 0.29) is 20.1 Å². The molecule has 6 heteroatoms. The van der Waals surface area contributed by atoms with Gasteiger partial charge in [-0.05, 0) is 40.5 Å². The molecule has 0 aliphatic heterocycles. The van der Waals surface area contributed by atoms with Crippen LogP contribution < -0.4 is 5.19 Å². The largest absolute Gasteiger partial charge is 3.00 e. The van der Waals surface area contributed by atoms with Gasteiger partial charge in [-0.3, -0.25) is 0 Å². The maximum Gasteiger partial charge on any atom is 3.00 e. The van der Waals surface area contributed by atoms with Gasteiger partial charge in [0, 0.05) is 24.0 Å². The molecular formula is C42H34IrN3OSi. The summed E-state index contributed by atoms with van der Waals surface area (Å²) in [7, 11) is -1.33. The Kier molecular flexibility index (Phi) is 11.6. The van der Waals surface area contributed by atoms with Crippen molar-refractivity contribution in [3.63, 3.8) is 0 Å². The Balaban J connectivity index is 0.000000153. The molecule has 0 unspecified atom stereocenters. The third kappa shape index (κ3) is 8.47. The average molecular weight is 817 g/mol. The van der Waals surface area contributed by atoms with E-state index in [1.807, 2.05) is 115 Å². The van der Waals surface area contributed by atoms with Crippen LogP contribution in [0.3, 0.4) is 0 Å². The van der Waals surface area contributed by atoms with E-state index < -0.39 is 8.07 Å². The van der Waals surface area contributed by atoms with E-state index in [2.05, 4.69) is 77.1 Å². The van der Waals surface area contributed by atoms with Crippen molar-refractivity contribution in [3.05, 3.63) is 170 Å². The molecule has 236 valence electrons. The molecular weight excluding hydrogens is 783 g/mol. The Morgan fingerprint density at radius 3 is 1.65 bits per heavy atom. The molecule has 0 bridgehead atoms. The van der Waals surface area contributed by atoms with Gasteiger partial charge in [-0.2, -0.15) is 0 Å². The number of aromatic nitrogens is 3. The maximum atomic E-state index is 6.07. The summed E-state index contributed by atoms with van der Waals surface area (Å²) in [5.41, 5.74) is 7.63. The van der Waals surface area contributed by atoms with Crippen LogP contribution in [0.2, 0.25) is 19.6 Å². The van der Waals surface area contributed by atoms with E-state index in [4.69, 9.17) is 4.42 Å². The van der Waals surface area contributed by atoms with Crippen LogP contribution in [0.25, 0.3) is 55.7 Å². The van der Waals surface area contributed by atoms with Gasteiger partial charge in [0.05, 0.1) is 13.7 Å². The maximum absolute atomic E-state index is 6.07. The Hall–Kier alpha value is -5.00. The molecule has 0 saturated carbocycles. The number of hydrogen-bond donors (Lipinski definition) is 0. The molecule has 4 aromatic carbocycles. The van der Waals surface area contributed by atoms with Crippen molar-refractivity contribution < 1.29 is 24.5 Å². The van der Waals surface area contributed by atoms with Gasteiger partial charge >= 0.3 is 20.1 Å². The number of fused-ring (bicyclic) bond motifs is 3. The smallest absolute Gasteiger partial charge is 0.501 e. The monoisotopic (exact) mass is 817 g/mol. The van der Waals surface area contributed by atoms with Crippen molar-refractivity contribution in [2.75, 3.05) is 0 Å². The SMILES string of the molecule is C[Si](C)(C)c1ccc(-c2[c-]ccc3c2oc2ccccc23)nc1.[Ir+3].[c-]1ccccc1-c1ccccn1.[c-]1ccccc1-c1ccccn1. The first-order valence-corrected chi connectivity index (χ1v) is 19.0. The predicted molar refractivity (Wildman–Crippen MR) is 196 cm³/mol. The number of para-hydroxylation sites is 1. The van der Waals surface area contributed by atoms with Gasteiger partial charge < -0.3 is 19.4 Å². The quantitative estimate of drug-likeness (QED) is 0.131. The first-order valence-electron chi connectivity index (χ1n) is 15.5. The summed E-state index contributed by atoms with van der Waals surface area (Å²) in [6.45, 7) is 6.99. The third-order valence-corrected chi connectivity index (χ3v) is 9.55. The molecule has 8 aromatic rings. The molecule has 0 aliphatic rings. The molecule has 8 rings (SSSR count). The van der Waals surface area contributed by atoms with Crippen molar-refractivity contribution in [2.24, 2.45) is 0 Å². The molecule has 4 nitrogen and oxygen atoms in total. The van der Waals surface area contributed by atoms with E-state index in [0.717, 1.165) is 55.7 Å². The van der Waals surface area contributed by atoms with Crippen LogP contribution in [-0.4, -0.2) is 23.0 Å². The van der Waals surface area contributed by atoms with Crippen LogP contribution in [0.5, 0.6) is 0 Å². The van der Waals surface area contributed by atoms with Gasteiger partial charge in [0.25, 0.3) is 0 Å². The Labute approximate surface area is 296 Å². The van der Waals surface area contributed by atoms with Gasteiger partial charge in [0.1, 0.15) is 5.58 Å². The summed E-state index contributed by atoms with van der Waals surface area (Å²) < 4.78 is 6.07. The topological polar surface area (TPSA) is 51.8 Å². The summed E-state index contributed by atoms with van der Waals surface area (Å²) in [6, 6.07) is 53.4. The molecule has 0 amide bonds. The molecule has 48 heavy (non-hydrogen) atoms. The summed E-state index contributed by atoms with van der Waals surface area (Å²) >= 11 is 0. The molecule has 0 spiro atoms.